The van der Waals surface area contributed by atoms with Crippen molar-refractivity contribution in [2.75, 3.05) is 45.7 Å². The van der Waals surface area contributed by atoms with Gasteiger partial charge in [0, 0.05) is 31.7 Å². The predicted octanol–water partition coefficient (Wildman–Crippen LogP) is 3.44. The minimum absolute atomic E-state index is 0.0856. The average Bonchev–Trinajstić information content (AvgIpc) is 3.54. The molecule has 0 spiro atoms. The molecule has 10 nitrogen and oxygen atoms in total. The van der Waals surface area contributed by atoms with E-state index in [1.54, 1.807) is 43.3 Å². The van der Waals surface area contributed by atoms with Gasteiger partial charge in [-0.3, -0.25) is 9.59 Å². The van der Waals surface area contributed by atoms with Crippen molar-refractivity contribution in [3.8, 4) is 17.2 Å². The lowest BCUT2D eigenvalue weighted by Gasteiger charge is -2.32. The standard InChI is InChI=1S/C25H25N5O5/c1-15-22-17(14-19(21-5-4-12-34-21)27-24(22)35-28-15)23(31)26-18-13-16(6-7-20(18)33-3)25(32)30-10-8-29(2)9-11-30/h4-7,12-14H,8-11H2,1-3H3,(H,26,31). The first-order valence-corrected chi connectivity index (χ1v) is 11.2. The third-order valence-corrected chi connectivity index (χ3v) is 6.12. The van der Waals surface area contributed by atoms with Crippen molar-refractivity contribution in [2.45, 2.75) is 6.92 Å². The zero-order valence-electron chi connectivity index (χ0n) is 19.7. The second kappa shape index (κ2) is 9.22. The van der Waals surface area contributed by atoms with E-state index in [2.05, 4.69) is 20.4 Å². The summed E-state index contributed by atoms with van der Waals surface area (Å²) in [6.45, 7) is 4.69. The molecular weight excluding hydrogens is 450 g/mol. The molecule has 0 aliphatic carbocycles. The molecular formula is C25H25N5O5. The van der Waals surface area contributed by atoms with Gasteiger partial charge >= 0.3 is 0 Å². The first kappa shape index (κ1) is 22.6. The van der Waals surface area contributed by atoms with Crippen LogP contribution in [0, 0.1) is 6.92 Å². The van der Waals surface area contributed by atoms with Crippen LogP contribution in [0.1, 0.15) is 26.4 Å². The number of anilines is 1. The Kier molecular flexibility index (Phi) is 5.96. The van der Waals surface area contributed by atoms with Crippen molar-refractivity contribution < 1.29 is 23.3 Å². The highest BCUT2D eigenvalue weighted by Gasteiger charge is 2.24. The molecule has 4 heterocycles. The van der Waals surface area contributed by atoms with Gasteiger partial charge in [0.25, 0.3) is 17.5 Å². The van der Waals surface area contributed by atoms with Crippen molar-refractivity contribution in [2.24, 2.45) is 0 Å². The van der Waals surface area contributed by atoms with E-state index in [1.165, 1.54) is 13.4 Å². The number of carbonyl (C=O) groups excluding carboxylic acids is 2. The molecule has 4 aromatic rings. The number of hydrogen-bond acceptors (Lipinski definition) is 8. The molecule has 35 heavy (non-hydrogen) atoms. The van der Waals surface area contributed by atoms with Crippen molar-refractivity contribution in [1.29, 1.82) is 0 Å². The Morgan fingerprint density at radius 3 is 2.63 bits per heavy atom. The molecule has 2 amide bonds. The van der Waals surface area contributed by atoms with Gasteiger partial charge in [0.15, 0.2) is 5.76 Å². The number of fused-ring (bicyclic) bond motifs is 1. The molecule has 5 rings (SSSR count). The number of benzene rings is 1. The van der Waals surface area contributed by atoms with Crippen LogP contribution in [-0.4, -0.2) is 72.1 Å². The lowest BCUT2D eigenvalue weighted by molar-refractivity contribution is 0.0664. The van der Waals surface area contributed by atoms with E-state index in [0.29, 0.717) is 58.2 Å². The van der Waals surface area contributed by atoms with Crippen molar-refractivity contribution in [3.05, 3.63) is 59.5 Å². The first-order chi connectivity index (χ1) is 16.9. The summed E-state index contributed by atoms with van der Waals surface area (Å²) >= 11 is 0. The van der Waals surface area contributed by atoms with E-state index in [-0.39, 0.29) is 11.6 Å². The molecule has 0 atom stereocenters. The Balaban J connectivity index is 1.48. The maximum absolute atomic E-state index is 13.5. The number of furan rings is 1. The zero-order chi connectivity index (χ0) is 24.5. The van der Waals surface area contributed by atoms with E-state index in [1.807, 2.05) is 11.9 Å². The van der Waals surface area contributed by atoms with Crippen molar-refractivity contribution in [1.82, 2.24) is 19.9 Å². The molecule has 1 aliphatic rings. The van der Waals surface area contributed by atoms with Gasteiger partial charge in [-0.1, -0.05) is 5.16 Å². The number of amides is 2. The van der Waals surface area contributed by atoms with Crippen LogP contribution >= 0.6 is 0 Å². The van der Waals surface area contributed by atoms with E-state index in [4.69, 9.17) is 13.7 Å². The van der Waals surface area contributed by atoms with Crippen LogP contribution in [0.5, 0.6) is 5.75 Å². The molecule has 0 saturated carbocycles. The van der Waals surface area contributed by atoms with Gasteiger partial charge in [0.05, 0.1) is 35.7 Å². The Bertz CT molecular complexity index is 1390. The number of likely N-dealkylation sites (N-methyl/N-ethyl adjacent to an activating group) is 1. The van der Waals surface area contributed by atoms with Crippen molar-refractivity contribution >= 4 is 28.6 Å². The van der Waals surface area contributed by atoms with Crippen LogP contribution < -0.4 is 10.1 Å². The second-order valence-corrected chi connectivity index (χ2v) is 8.45. The van der Waals surface area contributed by atoms with Crippen LogP contribution in [0.4, 0.5) is 5.69 Å². The van der Waals surface area contributed by atoms with Crippen molar-refractivity contribution in [3.63, 3.8) is 0 Å². The van der Waals surface area contributed by atoms with Gasteiger partial charge in [0.1, 0.15) is 11.4 Å². The summed E-state index contributed by atoms with van der Waals surface area (Å²) < 4.78 is 16.2. The second-order valence-electron chi connectivity index (χ2n) is 8.45. The molecule has 1 saturated heterocycles. The molecule has 3 aromatic heterocycles. The SMILES string of the molecule is COc1ccc(C(=O)N2CCN(C)CC2)cc1NC(=O)c1cc(-c2ccco2)nc2onc(C)c12. The molecule has 10 heteroatoms. The Morgan fingerprint density at radius 1 is 1.11 bits per heavy atom. The molecule has 0 unspecified atom stereocenters. The third kappa shape index (κ3) is 4.35. The largest absolute Gasteiger partial charge is 0.495 e. The molecule has 1 fully saturated rings. The number of methoxy groups -OCH3 is 1. The number of aromatic nitrogens is 2. The van der Waals surface area contributed by atoms with Crippen LogP contribution in [0.25, 0.3) is 22.6 Å². The number of piperazine rings is 1. The summed E-state index contributed by atoms with van der Waals surface area (Å²) in [6, 6.07) is 10.1. The highest BCUT2D eigenvalue weighted by Crippen LogP contribution is 2.30. The van der Waals surface area contributed by atoms with E-state index >= 15 is 0 Å². The molecule has 1 N–H and O–H groups in total. The van der Waals surface area contributed by atoms with E-state index in [9.17, 15) is 9.59 Å². The number of ether oxygens (including phenoxy) is 1. The topological polar surface area (TPSA) is 114 Å². The smallest absolute Gasteiger partial charge is 0.259 e. The Morgan fingerprint density at radius 2 is 1.91 bits per heavy atom. The molecule has 0 bridgehead atoms. The summed E-state index contributed by atoms with van der Waals surface area (Å²) in [6.07, 6.45) is 1.53. The summed E-state index contributed by atoms with van der Waals surface area (Å²) in [5.74, 6) is 0.427. The Hall–Kier alpha value is -4.18. The number of carbonyl (C=O) groups is 2. The summed E-state index contributed by atoms with van der Waals surface area (Å²) in [5, 5.41) is 7.37. The number of aryl methyl sites for hydroxylation is 1. The number of rotatable bonds is 5. The molecule has 0 radical (unpaired) electrons. The van der Waals surface area contributed by atoms with Gasteiger partial charge in [0.2, 0.25) is 0 Å². The highest BCUT2D eigenvalue weighted by atomic mass is 16.5. The summed E-state index contributed by atoms with van der Waals surface area (Å²) in [5.41, 5.74) is 2.38. The monoisotopic (exact) mass is 475 g/mol. The fraction of sp³-hybridized carbons (Fsp3) is 0.280. The summed E-state index contributed by atoms with van der Waals surface area (Å²) in [7, 11) is 3.55. The number of hydrogen-bond donors (Lipinski definition) is 1. The maximum Gasteiger partial charge on any atom is 0.259 e. The van der Waals surface area contributed by atoms with E-state index in [0.717, 1.165) is 13.1 Å². The number of nitrogens with one attached hydrogen (secondary N) is 1. The van der Waals surface area contributed by atoms with Crippen LogP contribution in [-0.2, 0) is 0 Å². The Labute approximate surface area is 201 Å². The van der Waals surface area contributed by atoms with Gasteiger partial charge < -0.3 is 28.8 Å². The fourth-order valence-electron chi connectivity index (χ4n) is 4.14. The lowest BCUT2D eigenvalue weighted by Crippen LogP contribution is -2.47. The van der Waals surface area contributed by atoms with Gasteiger partial charge in [-0.15, -0.1) is 0 Å². The fourth-order valence-corrected chi connectivity index (χ4v) is 4.14. The normalized spacial score (nSPS) is 14.3. The number of nitrogens with zero attached hydrogens (tertiary/aromatic N) is 4. The number of pyridine rings is 1. The van der Waals surface area contributed by atoms with Gasteiger partial charge in [-0.2, -0.15) is 0 Å². The maximum atomic E-state index is 13.5. The first-order valence-electron chi connectivity index (χ1n) is 11.2. The molecule has 1 aromatic carbocycles. The average molecular weight is 476 g/mol. The molecule has 1 aliphatic heterocycles. The summed E-state index contributed by atoms with van der Waals surface area (Å²) in [4.78, 5) is 35.0. The van der Waals surface area contributed by atoms with Crippen LogP contribution in [0.2, 0.25) is 0 Å². The highest BCUT2D eigenvalue weighted by molar-refractivity contribution is 6.13. The minimum Gasteiger partial charge on any atom is -0.495 e. The van der Waals surface area contributed by atoms with Gasteiger partial charge in [-0.05, 0) is 50.4 Å². The molecule has 180 valence electrons. The third-order valence-electron chi connectivity index (χ3n) is 6.12. The van der Waals surface area contributed by atoms with Crippen LogP contribution in [0.15, 0.2) is 51.6 Å². The predicted molar refractivity (Wildman–Crippen MR) is 129 cm³/mol. The minimum atomic E-state index is -0.418. The quantitative estimate of drug-likeness (QED) is 0.467. The van der Waals surface area contributed by atoms with Gasteiger partial charge in [-0.25, -0.2) is 4.98 Å². The van der Waals surface area contributed by atoms with E-state index < -0.39 is 5.91 Å². The lowest BCUT2D eigenvalue weighted by atomic mass is 10.1. The zero-order valence-corrected chi connectivity index (χ0v) is 19.7. The van der Waals surface area contributed by atoms with Crippen LogP contribution in [0.3, 0.4) is 0 Å².